The van der Waals surface area contributed by atoms with Crippen LogP contribution in [0.2, 0.25) is 5.28 Å². The fourth-order valence-corrected chi connectivity index (χ4v) is 5.33. The van der Waals surface area contributed by atoms with E-state index in [9.17, 15) is 14.0 Å². The number of hydrogen-bond donors (Lipinski definition) is 0. The maximum atomic E-state index is 14.4. The number of benzene rings is 4. The van der Waals surface area contributed by atoms with Gasteiger partial charge in [-0.1, -0.05) is 72.8 Å². The lowest BCUT2D eigenvalue weighted by Crippen LogP contribution is -2.27. The number of amides is 2. The monoisotopic (exact) mass is 541 g/mol. The van der Waals surface area contributed by atoms with Gasteiger partial charge in [-0.2, -0.15) is 9.37 Å². The summed E-state index contributed by atoms with van der Waals surface area (Å²) in [6.45, 7) is 0.146. The first-order chi connectivity index (χ1) is 18.5. The van der Waals surface area contributed by atoms with Crippen LogP contribution in [0.3, 0.4) is 0 Å². The largest absolute Gasteiger partial charge is 0.436 e. The van der Waals surface area contributed by atoms with Gasteiger partial charge in [-0.05, 0) is 62.6 Å². The standard InChI is InChI=1S/C29H17ClFN3O3S/c30-28-32-15-23(31)26(33-28)37-24-13-12-18-7-2-4-11-21(18)22(24)14-25-27(35)34(29(36)38-25)16-19-9-5-8-17-6-1-3-10-20(17)19/h1-15H,16H2/b25-14+. The number of aromatic nitrogens is 2. The number of nitrogens with zero attached hydrogens (tertiary/aromatic N) is 3. The van der Waals surface area contributed by atoms with Crippen molar-refractivity contribution >= 4 is 62.1 Å². The second-order valence-corrected chi connectivity index (χ2v) is 9.83. The highest BCUT2D eigenvalue weighted by Gasteiger charge is 2.35. The summed E-state index contributed by atoms with van der Waals surface area (Å²) < 4.78 is 20.2. The summed E-state index contributed by atoms with van der Waals surface area (Å²) in [5.41, 5.74) is 1.38. The molecule has 4 aromatic carbocycles. The summed E-state index contributed by atoms with van der Waals surface area (Å²) in [6.07, 6.45) is 2.52. The van der Waals surface area contributed by atoms with Crippen LogP contribution in [0.4, 0.5) is 9.18 Å². The molecule has 6 rings (SSSR count). The maximum absolute atomic E-state index is 14.4. The Balaban J connectivity index is 1.39. The Morgan fingerprint density at radius 1 is 0.921 bits per heavy atom. The SMILES string of the molecule is O=C1S/C(=C/c2c(Oc3nc(Cl)ncc3F)ccc3ccccc23)C(=O)N1Cc1cccc2ccccc12. The average molecular weight is 542 g/mol. The van der Waals surface area contributed by atoms with Gasteiger partial charge in [0.1, 0.15) is 5.75 Å². The van der Waals surface area contributed by atoms with E-state index in [1.165, 1.54) is 4.90 Å². The van der Waals surface area contributed by atoms with E-state index < -0.39 is 11.7 Å². The molecule has 1 saturated heterocycles. The van der Waals surface area contributed by atoms with Crippen molar-refractivity contribution < 1.29 is 18.7 Å². The Morgan fingerprint density at radius 2 is 1.63 bits per heavy atom. The molecular weight excluding hydrogens is 525 g/mol. The molecule has 5 aromatic rings. The first-order valence-corrected chi connectivity index (χ1v) is 12.8. The maximum Gasteiger partial charge on any atom is 0.293 e. The number of hydrogen-bond acceptors (Lipinski definition) is 6. The van der Waals surface area contributed by atoms with E-state index in [4.69, 9.17) is 16.3 Å². The van der Waals surface area contributed by atoms with Gasteiger partial charge in [0.05, 0.1) is 17.6 Å². The first-order valence-electron chi connectivity index (χ1n) is 11.6. The van der Waals surface area contributed by atoms with E-state index in [1.54, 1.807) is 12.1 Å². The topological polar surface area (TPSA) is 72.4 Å². The van der Waals surface area contributed by atoms with E-state index in [2.05, 4.69) is 9.97 Å². The molecule has 1 aliphatic rings. The third-order valence-corrected chi connectivity index (χ3v) is 7.27. The zero-order valence-electron chi connectivity index (χ0n) is 19.6. The van der Waals surface area contributed by atoms with Gasteiger partial charge in [0.2, 0.25) is 11.1 Å². The predicted molar refractivity (Wildman–Crippen MR) is 146 cm³/mol. The average Bonchev–Trinajstić information content (AvgIpc) is 3.19. The van der Waals surface area contributed by atoms with Crippen LogP contribution in [0, 0.1) is 5.82 Å². The van der Waals surface area contributed by atoms with E-state index in [-0.39, 0.29) is 33.6 Å². The van der Waals surface area contributed by atoms with Gasteiger partial charge in [0.25, 0.3) is 17.0 Å². The lowest BCUT2D eigenvalue weighted by atomic mass is 10.0. The number of carbonyl (C=O) groups is 2. The van der Waals surface area contributed by atoms with Crippen molar-refractivity contribution in [1.29, 1.82) is 0 Å². The van der Waals surface area contributed by atoms with Crippen LogP contribution in [0.25, 0.3) is 27.6 Å². The van der Waals surface area contributed by atoms with Gasteiger partial charge < -0.3 is 4.74 Å². The number of fused-ring (bicyclic) bond motifs is 2. The van der Waals surface area contributed by atoms with E-state index in [1.807, 2.05) is 72.8 Å². The normalized spacial score (nSPS) is 14.7. The van der Waals surface area contributed by atoms with Crippen molar-refractivity contribution in [2.45, 2.75) is 6.54 Å². The zero-order valence-corrected chi connectivity index (χ0v) is 21.2. The van der Waals surface area contributed by atoms with Crippen molar-refractivity contribution in [2.24, 2.45) is 0 Å². The molecule has 0 spiro atoms. The predicted octanol–water partition coefficient (Wildman–Crippen LogP) is 7.60. The number of imide groups is 1. The quantitative estimate of drug-likeness (QED) is 0.168. The minimum Gasteiger partial charge on any atom is -0.436 e. The number of carbonyl (C=O) groups excluding carboxylic acids is 2. The second-order valence-electron chi connectivity index (χ2n) is 8.50. The third-order valence-electron chi connectivity index (χ3n) is 6.18. The van der Waals surface area contributed by atoms with Gasteiger partial charge in [0.15, 0.2) is 0 Å². The molecule has 2 amide bonds. The van der Waals surface area contributed by atoms with Crippen LogP contribution in [0.1, 0.15) is 11.1 Å². The molecule has 0 saturated carbocycles. The summed E-state index contributed by atoms with van der Waals surface area (Å²) in [4.78, 5) is 35.3. The Labute approximate surface area is 225 Å². The summed E-state index contributed by atoms with van der Waals surface area (Å²) in [7, 11) is 0. The molecule has 186 valence electrons. The van der Waals surface area contributed by atoms with Crippen molar-refractivity contribution in [3.8, 4) is 11.6 Å². The van der Waals surface area contributed by atoms with Gasteiger partial charge in [-0.3, -0.25) is 14.5 Å². The lowest BCUT2D eigenvalue weighted by molar-refractivity contribution is -0.123. The van der Waals surface area contributed by atoms with Crippen molar-refractivity contribution in [2.75, 3.05) is 0 Å². The first kappa shape index (κ1) is 24.1. The molecule has 9 heteroatoms. The van der Waals surface area contributed by atoms with Crippen LogP contribution in [-0.4, -0.2) is 26.0 Å². The smallest absolute Gasteiger partial charge is 0.293 e. The lowest BCUT2D eigenvalue weighted by Gasteiger charge is -2.14. The summed E-state index contributed by atoms with van der Waals surface area (Å²) >= 11 is 6.69. The fraction of sp³-hybridized carbons (Fsp3) is 0.0345. The molecule has 0 aliphatic carbocycles. The number of halogens is 2. The van der Waals surface area contributed by atoms with E-state index in [0.717, 1.165) is 45.1 Å². The van der Waals surface area contributed by atoms with Crippen LogP contribution in [-0.2, 0) is 11.3 Å². The highest BCUT2D eigenvalue weighted by atomic mass is 35.5. The van der Waals surface area contributed by atoms with Crippen LogP contribution in [0.15, 0.2) is 90.0 Å². The third kappa shape index (κ3) is 4.49. The Bertz CT molecular complexity index is 1790. The zero-order chi connectivity index (χ0) is 26.2. The minimum atomic E-state index is -0.788. The molecule has 0 atom stereocenters. The fourth-order valence-electron chi connectivity index (χ4n) is 4.39. The van der Waals surface area contributed by atoms with Gasteiger partial charge in [0, 0.05) is 5.56 Å². The molecular formula is C29H17ClFN3O3S. The molecule has 1 fully saturated rings. The van der Waals surface area contributed by atoms with Crippen molar-refractivity contribution in [1.82, 2.24) is 14.9 Å². The Morgan fingerprint density at radius 3 is 2.45 bits per heavy atom. The summed E-state index contributed by atoms with van der Waals surface area (Å²) in [5, 5.41) is 3.10. The number of ether oxygens (including phenoxy) is 1. The van der Waals surface area contributed by atoms with E-state index in [0.29, 0.717) is 5.56 Å². The summed E-state index contributed by atoms with van der Waals surface area (Å²) in [6, 6.07) is 24.6. The van der Waals surface area contributed by atoms with Crippen molar-refractivity contribution in [3.05, 3.63) is 112 Å². The van der Waals surface area contributed by atoms with Gasteiger partial charge in [-0.15, -0.1) is 0 Å². The van der Waals surface area contributed by atoms with Crippen molar-refractivity contribution in [3.63, 3.8) is 0 Å². The number of rotatable bonds is 5. The molecule has 1 aliphatic heterocycles. The van der Waals surface area contributed by atoms with Gasteiger partial charge in [-0.25, -0.2) is 4.98 Å². The van der Waals surface area contributed by atoms with Gasteiger partial charge >= 0.3 is 0 Å². The molecule has 38 heavy (non-hydrogen) atoms. The van der Waals surface area contributed by atoms with Crippen LogP contribution >= 0.6 is 23.4 Å². The Kier molecular flexibility index (Phi) is 6.27. The molecule has 2 heterocycles. The molecule has 0 N–H and O–H groups in total. The molecule has 1 aromatic heterocycles. The van der Waals surface area contributed by atoms with E-state index >= 15 is 0 Å². The molecule has 0 unspecified atom stereocenters. The second kappa shape index (κ2) is 9.89. The minimum absolute atomic E-state index is 0.146. The molecule has 6 nitrogen and oxygen atoms in total. The Hall–Kier alpha value is -4.27. The summed E-state index contributed by atoms with van der Waals surface area (Å²) in [5.74, 6) is -1.30. The molecule has 0 bridgehead atoms. The molecule has 0 radical (unpaired) electrons. The van der Waals surface area contributed by atoms with Crippen LogP contribution < -0.4 is 4.74 Å². The highest BCUT2D eigenvalue weighted by Crippen LogP contribution is 2.39. The number of thioether (sulfide) groups is 1. The highest BCUT2D eigenvalue weighted by molar-refractivity contribution is 8.18. The van der Waals surface area contributed by atoms with Crippen LogP contribution in [0.5, 0.6) is 11.6 Å².